The van der Waals surface area contributed by atoms with Crippen molar-refractivity contribution in [1.29, 1.82) is 0 Å². The molecule has 0 radical (unpaired) electrons. The molecule has 8 heteroatoms. The van der Waals surface area contributed by atoms with Crippen molar-refractivity contribution in [2.24, 2.45) is 5.73 Å². The molecule has 0 saturated carbocycles. The van der Waals surface area contributed by atoms with Gasteiger partial charge < -0.3 is 10.6 Å². The first-order valence-electron chi connectivity index (χ1n) is 7.58. The summed E-state index contributed by atoms with van der Waals surface area (Å²) in [5.41, 5.74) is 6.51. The number of halogens is 2. The number of carbonyl (C=O) groups excluding carboxylic acids is 2. The van der Waals surface area contributed by atoms with Crippen LogP contribution in [-0.2, 0) is 0 Å². The average molecular weight is 367 g/mol. The molecule has 0 spiro atoms. The minimum Gasteiger partial charge on any atom is -0.364 e. The van der Waals surface area contributed by atoms with Crippen LogP contribution in [0, 0.1) is 0 Å². The van der Waals surface area contributed by atoms with E-state index in [1.807, 2.05) is 0 Å². The van der Waals surface area contributed by atoms with Crippen molar-refractivity contribution in [3.05, 3.63) is 51.3 Å². The molecule has 1 unspecified atom stereocenters. The lowest BCUT2D eigenvalue weighted by Gasteiger charge is -2.35. The van der Waals surface area contributed by atoms with Crippen LogP contribution in [0.5, 0.6) is 0 Å². The Hall–Kier alpha value is -2.05. The predicted molar refractivity (Wildman–Crippen MR) is 91.2 cm³/mol. The van der Waals surface area contributed by atoms with E-state index in [1.165, 1.54) is 0 Å². The van der Waals surface area contributed by atoms with E-state index in [2.05, 4.69) is 10.2 Å². The molecule has 2 amide bonds. The van der Waals surface area contributed by atoms with Gasteiger partial charge in [0.25, 0.3) is 11.8 Å². The van der Waals surface area contributed by atoms with E-state index in [4.69, 9.17) is 28.9 Å². The first-order chi connectivity index (χ1) is 11.5. The van der Waals surface area contributed by atoms with E-state index in [1.54, 1.807) is 29.2 Å². The Morgan fingerprint density at radius 3 is 2.71 bits per heavy atom. The maximum Gasteiger partial charge on any atom is 0.269 e. The Morgan fingerprint density at radius 2 is 2.04 bits per heavy atom. The molecule has 126 valence electrons. The number of hydrogen-bond acceptors (Lipinski definition) is 3. The summed E-state index contributed by atoms with van der Waals surface area (Å²) in [5, 5.41) is 7.52. The van der Waals surface area contributed by atoms with E-state index < -0.39 is 5.91 Å². The highest BCUT2D eigenvalue weighted by Crippen LogP contribution is 2.33. The standard InChI is InChI=1S/C16H16Cl2N4O2/c17-9-4-5-10(11(18)7-9)16(24)22-6-2-1-3-14(22)12-8-13(15(19)23)21-20-12/h4-5,7-8,14H,1-3,6H2,(H2,19,23)(H,20,21). The van der Waals surface area contributed by atoms with Gasteiger partial charge in [0.15, 0.2) is 0 Å². The molecule has 1 aromatic heterocycles. The lowest BCUT2D eigenvalue weighted by molar-refractivity contribution is 0.0606. The predicted octanol–water partition coefficient (Wildman–Crippen LogP) is 3.18. The van der Waals surface area contributed by atoms with Gasteiger partial charge in [-0.15, -0.1) is 0 Å². The highest BCUT2D eigenvalue weighted by molar-refractivity contribution is 6.36. The number of aromatic amines is 1. The third kappa shape index (κ3) is 3.25. The number of nitrogens with one attached hydrogen (secondary N) is 1. The topological polar surface area (TPSA) is 92.1 Å². The van der Waals surface area contributed by atoms with Gasteiger partial charge in [0.05, 0.1) is 22.3 Å². The Kier molecular flexibility index (Phi) is 4.78. The smallest absolute Gasteiger partial charge is 0.269 e. The van der Waals surface area contributed by atoms with E-state index in [-0.39, 0.29) is 17.6 Å². The van der Waals surface area contributed by atoms with Gasteiger partial charge in [0.2, 0.25) is 0 Å². The highest BCUT2D eigenvalue weighted by atomic mass is 35.5. The van der Waals surface area contributed by atoms with Crippen molar-refractivity contribution in [3.63, 3.8) is 0 Å². The fraction of sp³-hybridized carbons (Fsp3) is 0.312. The number of hydrogen-bond donors (Lipinski definition) is 2. The van der Waals surface area contributed by atoms with Crippen molar-refractivity contribution in [1.82, 2.24) is 15.1 Å². The Balaban J connectivity index is 1.91. The molecule has 2 heterocycles. The molecule has 1 atom stereocenters. The normalized spacial score (nSPS) is 17.8. The van der Waals surface area contributed by atoms with Crippen LogP contribution in [0.15, 0.2) is 24.3 Å². The molecule has 24 heavy (non-hydrogen) atoms. The van der Waals surface area contributed by atoms with Crippen LogP contribution in [0.2, 0.25) is 10.0 Å². The van der Waals surface area contributed by atoms with Crippen LogP contribution >= 0.6 is 23.2 Å². The number of piperidine rings is 1. The molecule has 1 aliphatic heterocycles. The van der Waals surface area contributed by atoms with Crippen LogP contribution in [0.4, 0.5) is 0 Å². The van der Waals surface area contributed by atoms with Gasteiger partial charge in [-0.1, -0.05) is 23.2 Å². The second kappa shape index (κ2) is 6.83. The van der Waals surface area contributed by atoms with Gasteiger partial charge in [0, 0.05) is 11.6 Å². The number of nitrogens with two attached hydrogens (primary N) is 1. The molecule has 3 rings (SSSR count). The van der Waals surface area contributed by atoms with Crippen LogP contribution < -0.4 is 5.73 Å². The molecule has 0 aliphatic carbocycles. The number of aromatic nitrogens is 2. The molecular weight excluding hydrogens is 351 g/mol. The van der Waals surface area contributed by atoms with Crippen LogP contribution in [-0.4, -0.2) is 33.5 Å². The maximum absolute atomic E-state index is 12.9. The molecule has 0 bridgehead atoms. The van der Waals surface area contributed by atoms with Crippen molar-refractivity contribution >= 4 is 35.0 Å². The molecule has 1 saturated heterocycles. The number of primary amides is 1. The SMILES string of the molecule is NC(=O)c1cc(C2CCCCN2C(=O)c2ccc(Cl)cc2Cl)[nH]n1. The molecule has 2 aromatic rings. The molecule has 6 nitrogen and oxygen atoms in total. The average Bonchev–Trinajstić information content (AvgIpc) is 3.04. The first kappa shape index (κ1) is 16.8. The zero-order valence-corrected chi connectivity index (χ0v) is 14.3. The van der Waals surface area contributed by atoms with Gasteiger partial charge >= 0.3 is 0 Å². The quantitative estimate of drug-likeness (QED) is 0.873. The fourth-order valence-corrected chi connectivity index (χ4v) is 3.44. The summed E-state index contributed by atoms with van der Waals surface area (Å²) in [6.07, 6.45) is 2.66. The van der Waals surface area contributed by atoms with Crippen LogP contribution in [0.1, 0.15) is 51.8 Å². The number of likely N-dealkylation sites (tertiary alicyclic amines) is 1. The number of benzene rings is 1. The second-order valence-electron chi connectivity index (χ2n) is 5.71. The van der Waals surface area contributed by atoms with E-state index in [9.17, 15) is 9.59 Å². The van der Waals surface area contributed by atoms with Crippen LogP contribution in [0.25, 0.3) is 0 Å². The summed E-state index contributed by atoms with van der Waals surface area (Å²) in [5.74, 6) is -0.775. The van der Waals surface area contributed by atoms with Gasteiger partial charge in [-0.2, -0.15) is 5.10 Å². The van der Waals surface area contributed by atoms with Crippen molar-refractivity contribution in [2.75, 3.05) is 6.54 Å². The third-order valence-corrected chi connectivity index (χ3v) is 4.68. The Bertz CT molecular complexity index is 790. The molecule has 1 fully saturated rings. The summed E-state index contributed by atoms with van der Waals surface area (Å²) in [4.78, 5) is 25.9. The minimum absolute atomic E-state index is 0.160. The summed E-state index contributed by atoms with van der Waals surface area (Å²) in [6.45, 7) is 0.605. The molecule has 1 aromatic carbocycles. The summed E-state index contributed by atoms with van der Waals surface area (Å²) in [7, 11) is 0. The van der Waals surface area contributed by atoms with Gasteiger partial charge in [0.1, 0.15) is 5.69 Å². The lowest BCUT2D eigenvalue weighted by atomic mass is 9.98. The van der Waals surface area contributed by atoms with Gasteiger partial charge in [-0.25, -0.2) is 0 Å². The van der Waals surface area contributed by atoms with Crippen molar-refractivity contribution < 1.29 is 9.59 Å². The fourth-order valence-electron chi connectivity index (χ4n) is 2.95. The van der Waals surface area contributed by atoms with Gasteiger partial charge in [-0.05, 0) is 43.5 Å². The number of rotatable bonds is 3. The molecular formula is C16H16Cl2N4O2. The Labute approximate surface area is 148 Å². The van der Waals surface area contributed by atoms with Crippen LogP contribution in [0.3, 0.4) is 0 Å². The van der Waals surface area contributed by atoms with Gasteiger partial charge in [-0.3, -0.25) is 14.7 Å². The zero-order chi connectivity index (χ0) is 17.3. The first-order valence-corrected chi connectivity index (χ1v) is 8.34. The van der Waals surface area contributed by atoms with Crippen molar-refractivity contribution in [3.8, 4) is 0 Å². The number of H-pyrrole nitrogens is 1. The number of amides is 2. The summed E-state index contributed by atoms with van der Waals surface area (Å²) < 4.78 is 0. The minimum atomic E-state index is -0.605. The number of carbonyl (C=O) groups is 2. The van der Waals surface area contributed by atoms with E-state index in [0.717, 1.165) is 19.3 Å². The van der Waals surface area contributed by atoms with E-state index in [0.29, 0.717) is 27.8 Å². The maximum atomic E-state index is 12.9. The lowest BCUT2D eigenvalue weighted by Crippen LogP contribution is -2.38. The Morgan fingerprint density at radius 1 is 1.25 bits per heavy atom. The highest BCUT2D eigenvalue weighted by Gasteiger charge is 2.31. The second-order valence-corrected chi connectivity index (χ2v) is 6.55. The summed E-state index contributed by atoms with van der Waals surface area (Å²) in [6, 6.07) is 6.22. The zero-order valence-electron chi connectivity index (χ0n) is 12.8. The third-order valence-electron chi connectivity index (χ3n) is 4.13. The van der Waals surface area contributed by atoms with E-state index >= 15 is 0 Å². The number of nitrogens with zero attached hydrogens (tertiary/aromatic N) is 2. The molecule has 3 N–H and O–H groups in total. The van der Waals surface area contributed by atoms with Crippen molar-refractivity contribution in [2.45, 2.75) is 25.3 Å². The molecule has 1 aliphatic rings. The monoisotopic (exact) mass is 366 g/mol. The largest absolute Gasteiger partial charge is 0.364 e. The summed E-state index contributed by atoms with van der Waals surface area (Å²) >= 11 is 12.1.